The van der Waals surface area contributed by atoms with Crippen LogP contribution in [0.4, 0.5) is 5.95 Å². The Bertz CT molecular complexity index is 792. The van der Waals surface area contributed by atoms with Gasteiger partial charge in [0.1, 0.15) is 0 Å². The molecule has 0 spiro atoms. The lowest BCUT2D eigenvalue weighted by molar-refractivity contribution is 0.0993. The summed E-state index contributed by atoms with van der Waals surface area (Å²) >= 11 is 5.83. The summed E-state index contributed by atoms with van der Waals surface area (Å²) in [6, 6.07) is 14.7. The number of H-pyrrole nitrogens is 1. The summed E-state index contributed by atoms with van der Waals surface area (Å²) in [4.78, 5) is 19.1. The van der Waals surface area contributed by atoms with Crippen LogP contribution in [0.15, 0.2) is 54.7 Å². The van der Waals surface area contributed by atoms with E-state index in [4.69, 9.17) is 17.3 Å². The number of ketones is 1. The van der Waals surface area contributed by atoms with Crippen LogP contribution in [0.3, 0.4) is 0 Å². The highest BCUT2D eigenvalue weighted by molar-refractivity contribution is 6.30. The van der Waals surface area contributed by atoms with Crippen LogP contribution in [0.2, 0.25) is 5.02 Å². The molecule has 0 fully saturated rings. The molecule has 0 atom stereocenters. The zero-order chi connectivity index (χ0) is 15.5. The van der Waals surface area contributed by atoms with Crippen molar-refractivity contribution in [1.29, 1.82) is 0 Å². The molecule has 0 aliphatic heterocycles. The quantitative estimate of drug-likeness (QED) is 0.721. The van der Waals surface area contributed by atoms with E-state index in [0.29, 0.717) is 23.0 Å². The van der Waals surface area contributed by atoms with E-state index < -0.39 is 0 Å². The van der Waals surface area contributed by atoms with Crippen molar-refractivity contribution >= 4 is 23.3 Å². The fourth-order valence-corrected chi connectivity index (χ4v) is 2.33. The van der Waals surface area contributed by atoms with Gasteiger partial charge in [0, 0.05) is 17.0 Å². The molecule has 5 heteroatoms. The molecule has 3 aromatic rings. The van der Waals surface area contributed by atoms with Crippen LogP contribution in [0.1, 0.15) is 15.9 Å². The van der Waals surface area contributed by atoms with Crippen molar-refractivity contribution in [3.8, 4) is 11.3 Å². The van der Waals surface area contributed by atoms with Gasteiger partial charge in [-0.15, -0.1) is 0 Å². The summed E-state index contributed by atoms with van der Waals surface area (Å²) in [5, 5.41) is 0.625. The maximum Gasteiger partial charge on any atom is 0.197 e. The lowest BCUT2D eigenvalue weighted by Gasteiger charge is -2.03. The van der Waals surface area contributed by atoms with Crippen molar-refractivity contribution in [2.24, 2.45) is 0 Å². The number of aromatic nitrogens is 2. The molecule has 2 aromatic carbocycles. The van der Waals surface area contributed by atoms with Crippen molar-refractivity contribution < 1.29 is 4.79 Å². The summed E-state index contributed by atoms with van der Waals surface area (Å²) in [5.74, 6) is 0.451. The second kappa shape index (κ2) is 6.03. The average molecular weight is 312 g/mol. The predicted octanol–water partition coefficient (Wildman–Crippen LogP) is 3.74. The highest BCUT2D eigenvalue weighted by Gasteiger charge is 2.08. The van der Waals surface area contributed by atoms with Gasteiger partial charge in [-0.1, -0.05) is 35.9 Å². The zero-order valence-corrected chi connectivity index (χ0v) is 12.5. The van der Waals surface area contributed by atoms with Gasteiger partial charge < -0.3 is 10.7 Å². The second-order valence-electron chi connectivity index (χ2n) is 4.99. The molecule has 0 radical (unpaired) electrons. The van der Waals surface area contributed by atoms with E-state index in [0.717, 1.165) is 16.8 Å². The van der Waals surface area contributed by atoms with Crippen molar-refractivity contribution in [3.63, 3.8) is 0 Å². The number of carbonyl (C=O) groups excluding carboxylic acids is 1. The number of hydrogen-bond acceptors (Lipinski definition) is 3. The number of aromatic amines is 1. The summed E-state index contributed by atoms with van der Waals surface area (Å²) in [6.45, 7) is 0. The standard InChI is InChI=1S/C17H14ClN3O/c18-14-7-5-13(6-8-14)16(22)9-11-1-3-12(4-2-11)15-10-20-17(19)21-15/h1-8,10H,9H2,(H3,19,20,21). The zero-order valence-electron chi connectivity index (χ0n) is 11.7. The first-order chi connectivity index (χ1) is 10.6. The number of carbonyl (C=O) groups is 1. The van der Waals surface area contributed by atoms with Gasteiger partial charge in [-0.25, -0.2) is 4.98 Å². The van der Waals surface area contributed by atoms with E-state index in [1.165, 1.54) is 0 Å². The summed E-state index contributed by atoms with van der Waals surface area (Å²) in [7, 11) is 0. The van der Waals surface area contributed by atoms with Gasteiger partial charge in [-0.2, -0.15) is 0 Å². The predicted molar refractivity (Wildman–Crippen MR) is 87.9 cm³/mol. The van der Waals surface area contributed by atoms with Crippen LogP contribution in [-0.4, -0.2) is 15.8 Å². The van der Waals surface area contributed by atoms with Crippen LogP contribution >= 0.6 is 11.6 Å². The number of Topliss-reactive ketones (excluding diaryl/α,β-unsaturated/α-hetero) is 1. The number of nitrogen functional groups attached to an aromatic ring is 1. The molecule has 22 heavy (non-hydrogen) atoms. The number of nitrogens with two attached hydrogens (primary N) is 1. The molecule has 0 aliphatic carbocycles. The minimum atomic E-state index is 0.0650. The molecular formula is C17H14ClN3O. The third-order valence-corrected chi connectivity index (χ3v) is 3.64. The molecule has 1 aromatic heterocycles. The fraction of sp³-hybridized carbons (Fsp3) is 0.0588. The number of imidazole rings is 1. The van der Waals surface area contributed by atoms with Gasteiger partial charge >= 0.3 is 0 Å². The normalized spacial score (nSPS) is 10.6. The van der Waals surface area contributed by atoms with Crippen LogP contribution in [0.5, 0.6) is 0 Å². The summed E-state index contributed by atoms with van der Waals surface area (Å²) in [6.07, 6.45) is 2.04. The Hall–Kier alpha value is -2.59. The lowest BCUT2D eigenvalue weighted by Crippen LogP contribution is -2.03. The van der Waals surface area contributed by atoms with E-state index in [1.54, 1.807) is 30.5 Å². The second-order valence-corrected chi connectivity index (χ2v) is 5.42. The first kappa shape index (κ1) is 14.4. The molecule has 0 aliphatic rings. The molecule has 3 rings (SSSR count). The molecule has 0 saturated carbocycles. The van der Waals surface area contributed by atoms with Crippen LogP contribution < -0.4 is 5.73 Å². The monoisotopic (exact) mass is 311 g/mol. The SMILES string of the molecule is Nc1ncc(-c2ccc(CC(=O)c3ccc(Cl)cc3)cc2)[nH]1. The Labute approximate surface area is 133 Å². The maximum absolute atomic E-state index is 12.2. The number of anilines is 1. The Balaban J connectivity index is 1.73. The Morgan fingerprint density at radius 3 is 2.36 bits per heavy atom. The molecule has 0 bridgehead atoms. The number of nitrogens with zero attached hydrogens (tertiary/aromatic N) is 1. The van der Waals surface area contributed by atoms with E-state index in [-0.39, 0.29) is 5.78 Å². The van der Waals surface area contributed by atoms with Crippen LogP contribution in [0.25, 0.3) is 11.3 Å². The van der Waals surface area contributed by atoms with Crippen molar-refractivity contribution in [1.82, 2.24) is 9.97 Å². The highest BCUT2D eigenvalue weighted by atomic mass is 35.5. The largest absolute Gasteiger partial charge is 0.369 e. The average Bonchev–Trinajstić information content (AvgIpc) is 2.95. The van der Waals surface area contributed by atoms with Gasteiger partial charge in [0.15, 0.2) is 11.7 Å². The molecule has 4 nitrogen and oxygen atoms in total. The molecule has 0 saturated heterocycles. The Morgan fingerprint density at radius 2 is 1.77 bits per heavy atom. The third kappa shape index (κ3) is 3.18. The summed E-state index contributed by atoms with van der Waals surface area (Å²) < 4.78 is 0. The third-order valence-electron chi connectivity index (χ3n) is 3.39. The number of nitrogens with one attached hydrogen (secondary N) is 1. The fourth-order valence-electron chi connectivity index (χ4n) is 2.21. The van der Waals surface area contributed by atoms with Gasteiger partial charge in [0.25, 0.3) is 0 Å². The van der Waals surface area contributed by atoms with Gasteiger partial charge in [0.05, 0.1) is 11.9 Å². The van der Waals surface area contributed by atoms with E-state index in [9.17, 15) is 4.79 Å². The highest BCUT2D eigenvalue weighted by Crippen LogP contribution is 2.19. The van der Waals surface area contributed by atoms with Gasteiger partial charge in [-0.3, -0.25) is 4.79 Å². The number of benzene rings is 2. The molecule has 110 valence electrons. The number of rotatable bonds is 4. The minimum absolute atomic E-state index is 0.0650. The lowest BCUT2D eigenvalue weighted by atomic mass is 10.0. The van der Waals surface area contributed by atoms with Crippen molar-refractivity contribution in [2.45, 2.75) is 6.42 Å². The van der Waals surface area contributed by atoms with Crippen molar-refractivity contribution in [3.05, 3.63) is 70.9 Å². The van der Waals surface area contributed by atoms with Crippen molar-refractivity contribution in [2.75, 3.05) is 5.73 Å². The molecule has 3 N–H and O–H groups in total. The first-order valence-corrected chi connectivity index (χ1v) is 7.18. The number of hydrogen-bond donors (Lipinski definition) is 2. The van der Waals surface area contributed by atoms with Crippen LogP contribution in [-0.2, 0) is 6.42 Å². The molecule has 0 unspecified atom stereocenters. The Morgan fingerprint density at radius 1 is 1.09 bits per heavy atom. The molecule has 1 heterocycles. The molecular weight excluding hydrogens is 298 g/mol. The van der Waals surface area contributed by atoms with Gasteiger partial charge in [-0.05, 0) is 35.4 Å². The first-order valence-electron chi connectivity index (χ1n) is 6.80. The number of halogens is 1. The Kier molecular flexibility index (Phi) is 3.94. The minimum Gasteiger partial charge on any atom is -0.369 e. The molecule has 0 amide bonds. The summed E-state index contributed by atoms with van der Waals surface area (Å²) in [5.41, 5.74) is 9.02. The van der Waals surface area contributed by atoms with E-state index in [2.05, 4.69) is 9.97 Å². The van der Waals surface area contributed by atoms with E-state index in [1.807, 2.05) is 24.3 Å². The maximum atomic E-state index is 12.2. The topological polar surface area (TPSA) is 71.8 Å². The van der Waals surface area contributed by atoms with E-state index >= 15 is 0 Å². The smallest absolute Gasteiger partial charge is 0.197 e. The van der Waals surface area contributed by atoms with Gasteiger partial charge in [0.2, 0.25) is 0 Å². The van der Waals surface area contributed by atoms with Crippen LogP contribution in [0, 0.1) is 0 Å².